The fourth-order valence-corrected chi connectivity index (χ4v) is 4.77. The molecule has 1 fully saturated rings. The zero-order valence-corrected chi connectivity index (χ0v) is 17.6. The second-order valence-electron chi connectivity index (χ2n) is 8.84. The molecule has 0 spiro atoms. The summed E-state index contributed by atoms with van der Waals surface area (Å²) in [4.78, 5) is 7.02. The van der Waals surface area contributed by atoms with E-state index >= 15 is 0 Å². The quantitative estimate of drug-likeness (QED) is 0.550. The van der Waals surface area contributed by atoms with Gasteiger partial charge < -0.3 is 20.1 Å². The SMILES string of the molecule is CN1CCC(CCCCn2cnc3ccc(C4Nc5ccc(F)cc5N4)cc32)CC1. The molecule has 2 aliphatic rings. The van der Waals surface area contributed by atoms with E-state index in [4.69, 9.17) is 0 Å². The summed E-state index contributed by atoms with van der Waals surface area (Å²) >= 11 is 0. The third-order valence-corrected chi connectivity index (χ3v) is 6.66. The number of halogens is 1. The van der Waals surface area contributed by atoms with Crippen molar-refractivity contribution in [3.63, 3.8) is 0 Å². The highest BCUT2D eigenvalue weighted by molar-refractivity contribution is 5.79. The molecule has 158 valence electrons. The summed E-state index contributed by atoms with van der Waals surface area (Å²) in [6.45, 7) is 3.50. The maximum atomic E-state index is 13.5. The summed E-state index contributed by atoms with van der Waals surface area (Å²) in [5, 5.41) is 6.81. The Morgan fingerprint density at radius 3 is 2.73 bits per heavy atom. The highest BCUT2D eigenvalue weighted by atomic mass is 19.1. The van der Waals surface area contributed by atoms with Gasteiger partial charge in [0.25, 0.3) is 0 Å². The molecule has 1 saturated heterocycles. The average molecular weight is 408 g/mol. The zero-order valence-electron chi connectivity index (χ0n) is 17.6. The number of likely N-dealkylation sites (tertiary alicyclic amines) is 1. The van der Waals surface area contributed by atoms with E-state index in [1.54, 1.807) is 6.07 Å². The number of hydrogen-bond donors (Lipinski definition) is 2. The number of aryl methyl sites for hydroxylation is 1. The Balaban J connectivity index is 1.22. The number of imidazole rings is 1. The molecule has 2 N–H and O–H groups in total. The predicted molar refractivity (Wildman–Crippen MR) is 120 cm³/mol. The summed E-state index contributed by atoms with van der Waals surface area (Å²) in [5.41, 5.74) is 5.06. The van der Waals surface area contributed by atoms with Crippen LogP contribution < -0.4 is 10.6 Å². The van der Waals surface area contributed by atoms with Crippen LogP contribution in [0.5, 0.6) is 0 Å². The van der Waals surface area contributed by atoms with Gasteiger partial charge in [0.2, 0.25) is 0 Å². The Morgan fingerprint density at radius 2 is 1.87 bits per heavy atom. The van der Waals surface area contributed by atoms with Crippen LogP contribution in [0.4, 0.5) is 15.8 Å². The van der Waals surface area contributed by atoms with Crippen LogP contribution in [-0.2, 0) is 6.54 Å². The highest BCUT2D eigenvalue weighted by Crippen LogP contribution is 2.36. The van der Waals surface area contributed by atoms with Crippen LogP contribution in [0.25, 0.3) is 11.0 Å². The van der Waals surface area contributed by atoms with Gasteiger partial charge in [0.05, 0.1) is 28.7 Å². The lowest BCUT2D eigenvalue weighted by atomic mass is 9.92. The van der Waals surface area contributed by atoms with Gasteiger partial charge in [-0.25, -0.2) is 9.37 Å². The molecule has 5 nitrogen and oxygen atoms in total. The van der Waals surface area contributed by atoms with Crippen LogP contribution in [0.3, 0.4) is 0 Å². The molecule has 1 unspecified atom stereocenters. The van der Waals surface area contributed by atoms with Crippen molar-refractivity contribution < 1.29 is 4.39 Å². The molecule has 6 heteroatoms. The lowest BCUT2D eigenvalue weighted by Crippen LogP contribution is -2.30. The van der Waals surface area contributed by atoms with Crippen LogP contribution in [0.2, 0.25) is 0 Å². The highest BCUT2D eigenvalue weighted by Gasteiger charge is 2.22. The maximum Gasteiger partial charge on any atom is 0.125 e. The lowest BCUT2D eigenvalue weighted by molar-refractivity contribution is 0.209. The average Bonchev–Trinajstić information content (AvgIpc) is 3.35. The summed E-state index contributed by atoms with van der Waals surface area (Å²) in [6.07, 6.45) is 8.41. The number of nitrogens with zero attached hydrogens (tertiary/aromatic N) is 3. The van der Waals surface area contributed by atoms with Crippen molar-refractivity contribution >= 4 is 22.4 Å². The van der Waals surface area contributed by atoms with Crippen LogP contribution in [0.15, 0.2) is 42.7 Å². The van der Waals surface area contributed by atoms with Crippen molar-refractivity contribution in [3.8, 4) is 0 Å². The van der Waals surface area contributed by atoms with Gasteiger partial charge in [0, 0.05) is 6.54 Å². The molecule has 30 heavy (non-hydrogen) atoms. The molecule has 3 aromatic rings. The first kappa shape index (κ1) is 19.4. The van der Waals surface area contributed by atoms with E-state index < -0.39 is 0 Å². The predicted octanol–water partition coefficient (Wildman–Crippen LogP) is 5.22. The van der Waals surface area contributed by atoms with Crippen molar-refractivity contribution in [2.24, 2.45) is 5.92 Å². The molecule has 0 saturated carbocycles. The zero-order chi connectivity index (χ0) is 20.5. The standard InChI is InChI=1S/C24H30FN5/c1-29-12-9-17(10-13-29)4-2-3-11-30-16-26-21-7-5-18(14-23(21)30)24-27-20-8-6-19(25)15-22(20)28-24/h5-8,14-17,24,27-28H,2-4,9-13H2,1H3. The van der Waals surface area contributed by atoms with Crippen molar-refractivity contribution in [2.45, 2.75) is 44.8 Å². The number of hydrogen-bond acceptors (Lipinski definition) is 4. The van der Waals surface area contributed by atoms with Crippen LogP contribution in [0, 0.1) is 11.7 Å². The summed E-state index contributed by atoms with van der Waals surface area (Å²) < 4.78 is 15.8. The Kier molecular flexibility index (Phi) is 5.34. The van der Waals surface area contributed by atoms with Crippen LogP contribution >= 0.6 is 0 Å². The molecule has 0 amide bonds. The van der Waals surface area contributed by atoms with Crippen molar-refractivity contribution in [2.75, 3.05) is 30.8 Å². The fourth-order valence-electron chi connectivity index (χ4n) is 4.77. The summed E-state index contributed by atoms with van der Waals surface area (Å²) in [6, 6.07) is 11.2. The van der Waals surface area contributed by atoms with E-state index in [1.807, 2.05) is 6.33 Å². The fraction of sp³-hybridized carbons (Fsp3) is 0.458. The Bertz CT molecular complexity index is 1020. The number of piperidine rings is 1. The summed E-state index contributed by atoms with van der Waals surface area (Å²) in [5.74, 6) is 0.677. The van der Waals surface area contributed by atoms with Gasteiger partial charge in [-0.3, -0.25) is 0 Å². The van der Waals surface area contributed by atoms with Crippen molar-refractivity contribution in [3.05, 3.63) is 54.1 Å². The molecule has 1 aromatic heterocycles. The third kappa shape index (κ3) is 4.01. The molecule has 1 atom stereocenters. The number of rotatable bonds is 6. The Hall–Kier alpha value is -2.60. The van der Waals surface area contributed by atoms with Gasteiger partial charge in [-0.15, -0.1) is 0 Å². The molecule has 0 bridgehead atoms. The first-order valence-electron chi connectivity index (χ1n) is 11.1. The molecular formula is C24H30FN5. The third-order valence-electron chi connectivity index (χ3n) is 6.66. The summed E-state index contributed by atoms with van der Waals surface area (Å²) in [7, 11) is 2.22. The number of unbranched alkanes of at least 4 members (excludes halogenated alkanes) is 1. The largest absolute Gasteiger partial charge is 0.360 e. The topological polar surface area (TPSA) is 45.1 Å². The van der Waals surface area contributed by atoms with Gasteiger partial charge in [-0.2, -0.15) is 0 Å². The van der Waals surface area contributed by atoms with Crippen LogP contribution in [0.1, 0.15) is 43.8 Å². The van der Waals surface area contributed by atoms with E-state index in [1.165, 1.54) is 57.3 Å². The molecule has 0 aliphatic carbocycles. The number of benzene rings is 2. The molecule has 0 radical (unpaired) electrons. The number of nitrogens with one attached hydrogen (secondary N) is 2. The lowest BCUT2D eigenvalue weighted by Gasteiger charge is -2.28. The molecule has 2 aliphatic heterocycles. The first-order chi connectivity index (χ1) is 14.7. The molecule has 5 rings (SSSR count). The number of anilines is 2. The number of aromatic nitrogens is 2. The van der Waals surface area contributed by atoms with Gasteiger partial charge in [-0.05, 0) is 81.2 Å². The van der Waals surface area contributed by atoms with E-state index in [0.29, 0.717) is 0 Å². The van der Waals surface area contributed by atoms with E-state index in [0.717, 1.165) is 40.4 Å². The second-order valence-corrected chi connectivity index (χ2v) is 8.84. The normalized spacial score (nSPS) is 19.6. The first-order valence-corrected chi connectivity index (χ1v) is 11.1. The van der Waals surface area contributed by atoms with E-state index in [-0.39, 0.29) is 12.0 Å². The minimum Gasteiger partial charge on any atom is -0.360 e. The smallest absolute Gasteiger partial charge is 0.125 e. The van der Waals surface area contributed by atoms with Gasteiger partial charge >= 0.3 is 0 Å². The van der Waals surface area contributed by atoms with E-state index in [2.05, 4.69) is 50.3 Å². The molecular weight excluding hydrogens is 377 g/mol. The minimum absolute atomic E-state index is 0.0565. The van der Waals surface area contributed by atoms with Gasteiger partial charge in [-0.1, -0.05) is 18.9 Å². The molecule has 3 heterocycles. The Morgan fingerprint density at radius 1 is 1.03 bits per heavy atom. The van der Waals surface area contributed by atoms with Crippen LogP contribution in [-0.4, -0.2) is 34.6 Å². The van der Waals surface area contributed by atoms with Gasteiger partial charge in [0.15, 0.2) is 0 Å². The van der Waals surface area contributed by atoms with Gasteiger partial charge in [0.1, 0.15) is 12.0 Å². The second kappa shape index (κ2) is 8.26. The minimum atomic E-state index is -0.225. The number of fused-ring (bicyclic) bond motifs is 2. The van der Waals surface area contributed by atoms with E-state index in [9.17, 15) is 4.39 Å². The van der Waals surface area contributed by atoms with Crippen molar-refractivity contribution in [1.29, 1.82) is 0 Å². The van der Waals surface area contributed by atoms with Crippen molar-refractivity contribution in [1.82, 2.24) is 14.5 Å². The monoisotopic (exact) mass is 407 g/mol. The molecule has 2 aromatic carbocycles. The maximum absolute atomic E-state index is 13.5. The Labute approximate surface area is 177 Å².